The van der Waals surface area contributed by atoms with Gasteiger partial charge in [-0.3, -0.25) is 4.79 Å². The lowest BCUT2D eigenvalue weighted by Crippen LogP contribution is -2.32. The highest BCUT2D eigenvalue weighted by Gasteiger charge is 2.10. The smallest absolute Gasteiger partial charge is 0.245 e. The second kappa shape index (κ2) is 4.96. The second-order valence-electron chi connectivity index (χ2n) is 3.30. The zero-order valence-corrected chi connectivity index (χ0v) is 7.59. The lowest BCUT2D eigenvalue weighted by atomic mass is 10.1. The Bertz CT molecular complexity index is 157. The minimum Gasteiger partial charge on any atom is -0.339 e. The average molecular weight is 167 g/mol. The monoisotopic (exact) mass is 167 g/mol. The molecule has 12 heavy (non-hydrogen) atoms. The van der Waals surface area contributed by atoms with Crippen molar-refractivity contribution in [1.29, 1.82) is 0 Å². The third kappa shape index (κ3) is 2.68. The van der Waals surface area contributed by atoms with E-state index in [0.717, 1.165) is 25.9 Å². The van der Waals surface area contributed by atoms with Gasteiger partial charge in [0.15, 0.2) is 0 Å². The van der Waals surface area contributed by atoms with Crippen molar-refractivity contribution in [3.8, 4) is 0 Å². The van der Waals surface area contributed by atoms with Crippen LogP contribution in [-0.4, -0.2) is 23.9 Å². The van der Waals surface area contributed by atoms with Crippen LogP contribution in [0.3, 0.4) is 0 Å². The third-order valence-electron chi connectivity index (χ3n) is 2.34. The van der Waals surface area contributed by atoms with Gasteiger partial charge in [-0.2, -0.15) is 0 Å². The summed E-state index contributed by atoms with van der Waals surface area (Å²) < 4.78 is 0. The molecule has 1 aliphatic heterocycles. The molecule has 1 rings (SSSR count). The molecule has 0 aromatic carbocycles. The molecule has 0 bridgehead atoms. The van der Waals surface area contributed by atoms with Gasteiger partial charge >= 0.3 is 0 Å². The zero-order chi connectivity index (χ0) is 8.81. The number of hydrogen-bond donors (Lipinski definition) is 0. The molecule has 0 radical (unpaired) electrons. The highest BCUT2D eigenvalue weighted by Crippen LogP contribution is 2.10. The Morgan fingerprint density at radius 2 is 1.58 bits per heavy atom. The number of carbonyl (C=O) groups excluding carboxylic acids is 1. The van der Waals surface area contributed by atoms with E-state index in [0.29, 0.717) is 0 Å². The maximum atomic E-state index is 11.2. The summed E-state index contributed by atoms with van der Waals surface area (Å²) in [7, 11) is 0. The van der Waals surface area contributed by atoms with E-state index in [9.17, 15) is 4.79 Å². The molecule has 0 aromatic heterocycles. The van der Waals surface area contributed by atoms with E-state index in [1.165, 1.54) is 25.3 Å². The van der Waals surface area contributed by atoms with Crippen molar-refractivity contribution >= 4 is 5.91 Å². The van der Waals surface area contributed by atoms with E-state index in [1.807, 2.05) is 4.90 Å². The Kier molecular flexibility index (Phi) is 3.85. The van der Waals surface area contributed by atoms with Crippen molar-refractivity contribution in [2.45, 2.75) is 32.1 Å². The molecule has 2 nitrogen and oxygen atoms in total. The number of rotatable bonds is 1. The van der Waals surface area contributed by atoms with E-state index in [-0.39, 0.29) is 5.91 Å². The predicted molar refractivity (Wildman–Crippen MR) is 49.9 cm³/mol. The van der Waals surface area contributed by atoms with Gasteiger partial charge in [-0.25, -0.2) is 0 Å². The van der Waals surface area contributed by atoms with Crippen LogP contribution < -0.4 is 0 Å². The minimum absolute atomic E-state index is 0.0944. The first-order chi connectivity index (χ1) is 5.84. The Morgan fingerprint density at radius 1 is 1.08 bits per heavy atom. The van der Waals surface area contributed by atoms with Crippen LogP contribution in [0.5, 0.6) is 0 Å². The number of nitrogens with zero attached hydrogens (tertiary/aromatic N) is 1. The fraction of sp³-hybridized carbons (Fsp3) is 0.700. The van der Waals surface area contributed by atoms with Gasteiger partial charge in [-0.1, -0.05) is 25.8 Å². The largest absolute Gasteiger partial charge is 0.339 e. The van der Waals surface area contributed by atoms with E-state index < -0.39 is 0 Å². The van der Waals surface area contributed by atoms with E-state index in [2.05, 4.69) is 6.58 Å². The summed E-state index contributed by atoms with van der Waals surface area (Å²) >= 11 is 0. The number of likely N-dealkylation sites (tertiary alicyclic amines) is 1. The predicted octanol–water partition coefficient (Wildman–Crippen LogP) is 1.97. The molecule has 1 amide bonds. The van der Waals surface area contributed by atoms with Gasteiger partial charge in [-0.05, 0) is 18.9 Å². The summed E-state index contributed by atoms with van der Waals surface area (Å²) in [5.74, 6) is 0.0944. The van der Waals surface area contributed by atoms with Crippen LogP contribution in [0, 0.1) is 0 Å². The Morgan fingerprint density at radius 3 is 2.08 bits per heavy atom. The molecular weight excluding hydrogens is 150 g/mol. The van der Waals surface area contributed by atoms with E-state index in [1.54, 1.807) is 0 Å². The third-order valence-corrected chi connectivity index (χ3v) is 2.34. The first kappa shape index (κ1) is 9.30. The van der Waals surface area contributed by atoms with Crippen LogP contribution in [0.4, 0.5) is 0 Å². The van der Waals surface area contributed by atoms with Crippen molar-refractivity contribution in [3.05, 3.63) is 12.7 Å². The fourth-order valence-electron chi connectivity index (χ4n) is 1.60. The minimum atomic E-state index is 0.0944. The Balaban J connectivity index is 2.39. The van der Waals surface area contributed by atoms with Crippen molar-refractivity contribution < 1.29 is 4.79 Å². The van der Waals surface area contributed by atoms with Gasteiger partial charge in [0.1, 0.15) is 0 Å². The van der Waals surface area contributed by atoms with Crippen molar-refractivity contribution in [2.75, 3.05) is 13.1 Å². The van der Waals surface area contributed by atoms with Gasteiger partial charge in [0.05, 0.1) is 0 Å². The lowest BCUT2D eigenvalue weighted by Gasteiger charge is -2.23. The quantitative estimate of drug-likeness (QED) is 0.547. The van der Waals surface area contributed by atoms with Gasteiger partial charge in [-0.15, -0.1) is 0 Å². The maximum Gasteiger partial charge on any atom is 0.245 e. The maximum absolute atomic E-state index is 11.2. The van der Waals surface area contributed by atoms with Crippen LogP contribution in [0.15, 0.2) is 12.7 Å². The lowest BCUT2D eigenvalue weighted by molar-refractivity contribution is -0.126. The molecule has 1 saturated heterocycles. The molecule has 0 aromatic rings. The normalized spacial score (nSPS) is 19.5. The summed E-state index contributed by atoms with van der Waals surface area (Å²) in [6, 6.07) is 0. The van der Waals surface area contributed by atoms with E-state index in [4.69, 9.17) is 0 Å². The molecule has 1 fully saturated rings. The van der Waals surface area contributed by atoms with Crippen LogP contribution in [0.2, 0.25) is 0 Å². The Labute approximate surface area is 74.2 Å². The van der Waals surface area contributed by atoms with Gasteiger partial charge in [0.25, 0.3) is 0 Å². The van der Waals surface area contributed by atoms with Gasteiger partial charge < -0.3 is 4.90 Å². The summed E-state index contributed by atoms with van der Waals surface area (Å²) in [6.45, 7) is 5.34. The number of hydrogen-bond acceptors (Lipinski definition) is 1. The highest BCUT2D eigenvalue weighted by atomic mass is 16.2. The molecule has 0 aliphatic carbocycles. The molecule has 0 N–H and O–H groups in total. The van der Waals surface area contributed by atoms with Crippen molar-refractivity contribution in [3.63, 3.8) is 0 Å². The second-order valence-corrected chi connectivity index (χ2v) is 3.30. The summed E-state index contributed by atoms with van der Waals surface area (Å²) in [6.07, 6.45) is 7.58. The van der Waals surface area contributed by atoms with Crippen LogP contribution in [0.1, 0.15) is 32.1 Å². The molecule has 2 heteroatoms. The molecule has 1 aliphatic rings. The summed E-state index contributed by atoms with van der Waals surface area (Å²) in [4.78, 5) is 13.1. The van der Waals surface area contributed by atoms with Crippen LogP contribution in [0.25, 0.3) is 0 Å². The molecule has 68 valence electrons. The Hall–Kier alpha value is -0.790. The standard InChI is InChI=1S/C10H17NO/c1-2-10(12)11-8-6-4-3-5-7-9-11/h2H,1,3-9H2. The molecule has 0 unspecified atom stereocenters. The number of carbonyl (C=O) groups is 1. The first-order valence-corrected chi connectivity index (χ1v) is 4.76. The van der Waals surface area contributed by atoms with Crippen molar-refractivity contribution in [1.82, 2.24) is 4.90 Å². The number of amides is 1. The first-order valence-electron chi connectivity index (χ1n) is 4.76. The zero-order valence-electron chi connectivity index (χ0n) is 7.59. The van der Waals surface area contributed by atoms with Gasteiger partial charge in [0.2, 0.25) is 5.91 Å². The van der Waals surface area contributed by atoms with Crippen LogP contribution in [-0.2, 0) is 4.79 Å². The van der Waals surface area contributed by atoms with Crippen LogP contribution >= 0.6 is 0 Å². The summed E-state index contributed by atoms with van der Waals surface area (Å²) in [5, 5.41) is 0. The molecule has 1 heterocycles. The fourth-order valence-corrected chi connectivity index (χ4v) is 1.60. The SMILES string of the molecule is C=CC(=O)N1CCCCCCC1. The average Bonchev–Trinajstić information content (AvgIpc) is 2.02. The molecular formula is C10H17NO. The summed E-state index contributed by atoms with van der Waals surface area (Å²) in [5.41, 5.74) is 0. The van der Waals surface area contributed by atoms with Gasteiger partial charge in [0, 0.05) is 13.1 Å². The highest BCUT2D eigenvalue weighted by molar-refractivity contribution is 5.86. The molecule has 0 atom stereocenters. The van der Waals surface area contributed by atoms with Crippen molar-refractivity contribution in [2.24, 2.45) is 0 Å². The topological polar surface area (TPSA) is 20.3 Å². The van der Waals surface area contributed by atoms with E-state index >= 15 is 0 Å². The molecule has 0 saturated carbocycles. The molecule has 0 spiro atoms.